The maximum atomic E-state index is 4.88. The van der Waals surface area contributed by atoms with E-state index in [0.29, 0.717) is 0 Å². The highest BCUT2D eigenvalue weighted by Crippen LogP contribution is 2.34. The van der Waals surface area contributed by atoms with Crippen molar-refractivity contribution in [2.24, 2.45) is 0 Å². The summed E-state index contributed by atoms with van der Waals surface area (Å²) in [6.45, 7) is 17.5. The fraction of sp³-hybridized carbons (Fsp3) is 0.786. The monoisotopic (exact) mass is 254 g/mol. The van der Waals surface area contributed by atoms with Gasteiger partial charge in [-0.15, -0.1) is 11.3 Å². The van der Waals surface area contributed by atoms with Gasteiger partial charge in [-0.05, 0) is 6.54 Å². The van der Waals surface area contributed by atoms with Crippen LogP contribution in [0.3, 0.4) is 0 Å². The van der Waals surface area contributed by atoms with Gasteiger partial charge < -0.3 is 5.32 Å². The molecule has 17 heavy (non-hydrogen) atoms. The molecule has 1 heterocycles. The van der Waals surface area contributed by atoms with Crippen LogP contribution in [0.4, 0.5) is 0 Å². The average molecular weight is 254 g/mol. The summed E-state index contributed by atoms with van der Waals surface area (Å²) in [4.78, 5) is 6.28. The van der Waals surface area contributed by atoms with Gasteiger partial charge in [-0.2, -0.15) is 0 Å². The SMILES string of the molecule is CCNCc1sc(C(C)(C)C)nc1C(C)(C)C. The van der Waals surface area contributed by atoms with Crippen LogP contribution in [0.2, 0.25) is 0 Å². The van der Waals surface area contributed by atoms with Crippen molar-refractivity contribution in [3.8, 4) is 0 Å². The molecule has 2 nitrogen and oxygen atoms in total. The van der Waals surface area contributed by atoms with Gasteiger partial charge in [-0.25, -0.2) is 4.98 Å². The lowest BCUT2D eigenvalue weighted by Crippen LogP contribution is -2.19. The molecule has 0 aliphatic carbocycles. The van der Waals surface area contributed by atoms with Crippen molar-refractivity contribution in [1.29, 1.82) is 0 Å². The second-order valence-electron chi connectivity index (χ2n) is 6.57. The van der Waals surface area contributed by atoms with Crippen molar-refractivity contribution >= 4 is 11.3 Å². The van der Waals surface area contributed by atoms with Crippen molar-refractivity contribution < 1.29 is 0 Å². The van der Waals surface area contributed by atoms with Gasteiger partial charge >= 0.3 is 0 Å². The van der Waals surface area contributed by atoms with Gasteiger partial charge in [-0.3, -0.25) is 0 Å². The maximum Gasteiger partial charge on any atom is 0.0985 e. The topological polar surface area (TPSA) is 24.9 Å². The Morgan fingerprint density at radius 1 is 1.06 bits per heavy atom. The van der Waals surface area contributed by atoms with Gasteiger partial charge in [-0.1, -0.05) is 48.5 Å². The molecule has 1 aromatic heterocycles. The molecule has 0 amide bonds. The van der Waals surface area contributed by atoms with E-state index in [2.05, 4.69) is 53.8 Å². The molecule has 0 aromatic carbocycles. The van der Waals surface area contributed by atoms with E-state index in [4.69, 9.17) is 4.98 Å². The van der Waals surface area contributed by atoms with Gasteiger partial charge in [0.25, 0.3) is 0 Å². The molecule has 0 unspecified atom stereocenters. The number of aromatic nitrogens is 1. The molecule has 0 fully saturated rings. The van der Waals surface area contributed by atoms with Crippen molar-refractivity contribution in [2.45, 2.75) is 65.8 Å². The summed E-state index contributed by atoms with van der Waals surface area (Å²) in [6, 6.07) is 0. The molecular formula is C14H26N2S. The zero-order chi connectivity index (χ0) is 13.3. The quantitative estimate of drug-likeness (QED) is 0.886. The molecule has 0 saturated carbocycles. The second kappa shape index (κ2) is 5.07. The van der Waals surface area contributed by atoms with Gasteiger partial charge in [0.05, 0.1) is 10.7 Å². The highest BCUT2D eigenvalue weighted by atomic mass is 32.1. The largest absolute Gasteiger partial charge is 0.312 e. The van der Waals surface area contributed by atoms with Crippen LogP contribution in [0.5, 0.6) is 0 Å². The highest BCUT2D eigenvalue weighted by Gasteiger charge is 2.27. The maximum absolute atomic E-state index is 4.88. The molecule has 0 atom stereocenters. The number of rotatable bonds is 3. The normalized spacial score (nSPS) is 13.1. The Hall–Kier alpha value is -0.410. The third kappa shape index (κ3) is 3.78. The highest BCUT2D eigenvalue weighted by molar-refractivity contribution is 7.11. The van der Waals surface area contributed by atoms with Gasteiger partial charge in [0.15, 0.2) is 0 Å². The van der Waals surface area contributed by atoms with E-state index < -0.39 is 0 Å². The van der Waals surface area contributed by atoms with Crippen LogP contribution >= 0.6 is 11.3 Å². The van der Waals surface area contributed by atoms with Crippen LogP contribution in [0, 0.1) is 0 Å². The molecule has 0 bridgehead atoms. The lowest BCUT2D eigenvalue weighted by atomic mass is 9.91. The van der Waals surface area contributed by atoms with E-state index in [9.17, 15) is 0 Å². The average Bonchev–Trinajstić information content (AvgIpc) is 2.56. The minimum absolute atomic E-state index is 0.130. The lowest BCUT2D eigenvalue weighted by molar-refractivity contribution is 0.540. The minimum atomic E-state index is 0.130. The van der Waals surface area contributed by atoms with Crippen molar-refractivity contribution in [3.05, 3.63) is 15.6 Å². The fourth-order valence-corrected chi connectivity index (χ4v) is 2.92. The number of hydrogen-bond acceptors (Lipinski definition) is 3. The van der Waals surface area contributed by atoms with E-state index in [0.717, 1.165) is 13.1 Å². The first-order valence-electron chi connectivity index (χ1n) is 6.37. The Balaban J connectivity index is 3.13. The van der Waals surface area contributed by atoms with E-state index in [-0.39, 0.29) is 10.8 Å². The van der Waals surface area contributed by atoms with Gasteiger partial charge in [0.2, 0.25) is 0 Å². The third-order valence-electron chi connectivity index (χ3n) is 2.58. The van der Waals surface area contributed by atoms with E-state index in [1.807, 2.05) is 11.3 Å². The van der Waals surface area contributed by atoms with Crippen LogP contribution in [-0.2, 0) is 17.4 Å². The third-order valence-corrected chi connectivity index (χ3v) is 4.07. The Morgan fingerprint density at radius 2 is 1.65 bits per heavy atom. The Labute approximate surface area is 110 Å². The van der Waals surface area contributed by atoms with Gasteiger partial charge in [0, 0.05) is 22.3 Å². The Morgan fingerprint density at radius 3 is 2.06 bits per heavy atom. The standard InChI is InChI=1S/C14H26N2S/c1-8-15-9-10-11(13(2,3)4)16-12(17-10)14(5,6)7/h15H,8-9H2,1-7H3. The van der Waals surface area contributed by atoms with Crippen molar-refractivity contribution in [3.63, 3.8) is 0 Å². The van der Waals surface area contributed by atoms with Crippen LogP contribution in [0.25, 0.3) is 0 Å². The molecule has 1 N–H and O–H groups in total. The zero-order valence-electron chi connectivity index (χ0n) is 12.3. The molecule has 0 saturated heterocycles. The number of hydrogen-bond donors (Lipinski definition) is 1. The summed E-state index contributed by atoms with van der Waals surface area (Å²) in [7, 11) is 0. The number of nitrogens with one attached hydrogen (secondary N) is 1. The first-order chi connectivity index (χ1) is 7.66. The van der Waals surface area contributed by atoms with Crippen LogP contribution in [0.15, 0.2) is 0 Å². The smallest absolute Gasteiger partial charge is 0.0985 e. The van der Waals surface area contributed by atoms with Crippen LogP contribution in [0.1, 0.15) is 64.0 Å². The molecule has 98 valence electrons. The fourth-order valence-electron chi connectivity index (χ4n) is 1.62. The molecule has 0 aliphatic rings. The zero-order valence-corrected chi connectivity index (χ0v) is 13.1. The Bertz CT molecular complexity index is 367. The predicted octanol–water partition coefficient (Wildman–Crippen LogP) is 3.85. The van der Waals surface area contributed by atoms with Crippen LogP contribution in [-0.4, -0.2) is 11.5 Å². The molecule has 3 heteroatoms. The van der Waals surface area contributed by atoms with Crippen molar-refractivity contribution in [1.82, 2.24) is 10.3 Å². The molecule has 0 spiro atoms. The molecule has 0 radical (unpaired) electrons. The summed E-state index contributed by atoms with van der Waals surface area (Å²) >= 11 is 1.86. The first-order valence-corrected chi connectivity index (χ1v) is 7.19. The summed E-state index contributed by atoms with van der Waals surface area (Å²) < 4.78 is 0. The minimum Gasteiger partial charge on any atom is -0.312 e. The Kier molecular flexibility index (Phi) is 4.37. The summed E-state index contributed by atoms with van der Waals surface area (Å²) in [5.41, 5.74) is 1.54. The van der Waals surface area contributed by atoms with E-state index in [1.54, 1.807) is 0 Å². The lowest BCUT2D eigenvalue weighted by Gasteiger charge is -2.18. The summed E-state index contributed by atoms with van der Waals surface area (Å²) in [5, 5.41) is 4.66. The van der Waals surface area contributed by atoms with Crippen LogP contribution < -0.4 is 5.32 Å². The predicted molar refractivity (Wildman–Crippen MR) is 76.9 cm³/mol. The van der Waals surface area contributed by atoms with E-state index >= 15 is 0 Å². The van der Waals surface area contributed by atoms with Gasteiger partial charge in [0.1, 0.15) is 0 Å². The number of thiazole rings is 1. The van der Waals surface area contributed by atoms with Crippen molar-refractivity contribution in [2.75, 3.05) is 6.54 Å². The molecule has 1 aromatic rings. The summed E-state index contributed by atoms with van der Waals surface area (Å²) in [5.74, 6) is 0. The second-order valence-corrected chi connectivity index (χ2v) is 7.65. The molecule has 1 rings (SSSR count). The number of nitrogens with zero attached hydrogens (tertiary/aromatic N) is 1. The van der Waals surface area contributed by atoms with E-state index in [1.165, 1.54) is 15.6 Å². The molecular weight excluding hydrogens is 228 g/mol. The molecule has 0 aliphatic heterocycles. The summed E-state index contributed by atoms with van der Waals surface area (Å²) in [6.07, 6.45) is 0. The first kappa shape index (κ1) is 14.7.